The van der Waals surface area contributed by atoms with Crippen molar-refractivity contribution < 1.29 is 0 Å². The highest BCUT2D eigenvalue weighted by molar-refractivity contribution is 5.50. The second-order valence-corrected chi connectivity index (χ2v) is 4.73. The summed E-state index contributed by atoms with van der Waals surface area (Å²) >= 11 is 0. The Balaban J connectivity index is 2.00. The van der Waals surface area contributed by atoms with Crippen molar-refractivity contribution in [1.82, 2.24) is 15.3 Å². The van der Waals surface area contributed by atoms with Crippen LogP contribution < -0.4 is 10.2 Å². The highest BCUT2D eigenvalue weighted by Crippen LogP contribution is 2.28. The van der Waals surface area contributed by atoms with Gasteiger partial charge in [0.05, 0.1) is 5.69 Å². The fraction of sp³-hybridized carbons (Fsp3) is 0.667. The van der Waals surface area contributed by atoms with Crippen LogP contribution in [0.3, 0.4) is 0 Å². The van der Waals surface area contributed by atoms with Gasteiger partial charge in [0.25, 0.3) is 0 Å². The smallest absolute Gasteiger partial charge is 0.136 e. The molecule has 3 rings (SSSR count). The van der Waals surface area contributed by atoms with Crippen LogP contribution in [-0.4, -0.2) is 29.1 Å². The first-order valence-electron chi connectivity index (χ1n) is 6.16. The van der Waals surface area contributed by atoms with E-state index >= 15 is 0 Å². The zero-order valence-corrected chi connectivity index (χ0v) is 9.74. The maximum absolute atomic E-state index is 4.50. The Morgan fingerprint density at radius 2 is 2.38 bits per heavy atom. The van der Waals surface area contributed by atoms with Crippen LogP contribution in [0.5, 0.6) is 0 Å². The molecule has 86 valence electrons. The lowest BCUT2D eigenvalue weighted by Gasteiger charge is -2.27. The van der Waals surface area contributed by atoms with Gasteiger partial charge in [0.2, 0.25) is 0 Å². The molecule has 4 nitrogen and oxygen atoms in total. The lowest BCUT2D eigenvalue weighted by molar-refractivity contribution is 0.617. The summed E-state index contributed by atoms with van der Waals surface area (Å²) in [5.41, 5.74) is 2.56. The molecule has 4 heteroatoms. The van der Waals surface area contributed by atoms with Gasteiger partial charge < -0.3 is 10.2 Å². The number of aromatic nitrogens is 2. The van der Waals surface area contributed by atoms with Crippen molar-refractivity contribution >= 4 is 5.82 Å². The Morgan fingerprint density at radius 1 is 1.44 bits per heavy atom. The first-order chi connectivity index (χ1) is 7.86. The Bertz CT molecular complexity index is 391. The van der Waals surface area contributed by atoms with Gasteiger partial charge in [0, 0.05) is 37.7 Å². The van der Waals surface area contributed by atoms with Crippen LogP contribution in [0.1, 0.15) is 31.0 Å². The van der Waals surface area contributed by atoms with E-state index < -0.39 is 0 Å². The van der Waals surface area contributed by atoms with E-state index in [1.54, 1.807) is 6.33 Å². The predicted molar refractivity (Wildman–Crippen MR) is 63.5 cm³/mol. The third-order valence-electron chi connectivity index (χ3n) is 3.68. The van der Waals surface area contributed by atoms with Crippen molar-refractivity contribution in [2.45, 2.75) is 38.8 Å². The largest absolute Gasteiger partial charge is 0.354 e. The van der Waals surface area contributed by atoms with Gasteiger partial charge in [0.15, 0.2) is 0 Å². The fourth-order valence-corrected chi connectivity index (χ4v) is 2.75. The molecule has 1 N–H and O–H groups in total. The van der Waals surface area contributed by atoms with Gasteiger partial charge in [-0.05, 0) is 19.8 Å². The average Bonchev–Trinajstić information content (AvgIpc) is 2.75. The highest BCUT2D eigenvalue weighted by Gasteiger charge is 2.26. The van der Waals surface area contributed by atoms with E-state index in [9.17, 15) is 0 Å². The number of fused-ring (bicyclic) bond motifs is 1. The normalized spacial score (nSPS) is 24.6. The molecule has 1 saturated heterocycles. The minimum Gasteiger partial charge on any atom is -0.354 e. The topological polar surface area (TPSA) is 41.1 Å². The molecular formula is C12H18N4. The Morgan fingerprint density at radius 3 is 3.19 bits per heavy atom. The summed E-state index contributed by atoms with van der Waals surface area (Å²) in [6.45, 7) is 5.40. The lowest BCUT2D eigenvalue weighted by atomic mass is 10.1. The summed E-state index contributed by atoms with van der Waals surface area (Å²) in [6.07, 6.45) is 5.33. The average molecular weight is 218 g/mol. The first-order valence-corrected chi connectivity index (χ1v) is 6.16. The molecule has 16 heavy (non-hydrogen) atoms. The number of hydrogen-bond acceptors (Lipinski definition) is 4. The van der Waals surface area contributed by atoms with Crippen LogP contribution in [0.25, 0.3) is 0 Å². The van der Waals surface area contributed by atoms with Crippen LogP contribution in [0, 0.1) is 0 Å². The number of nitrogens with one attached hydrogen (secondary N) is 1. The highest BCUT2D eigenvalue weighted by atomic mass is 15.2. The number of anilines is 1. The van der Waals surface area contributed by atoms with Crippen molar-refractivity contribution in [1.29, 1.82) is 0 Å². The van der Waals surface area contributed by atoms with Crippen molar-refractivity contribution in [2.24, 2.45) is 0 Å². The molecule has 2 aliphatic heterocycles. The maximum Gasteiger partial charge on any atom is 0.136 e. The monoisotopic (exact) mass is 218 g/mol. The Kier molecular flexibility index (Phi) is 2.52. The molecule has 2 aliphatic rings. The van der Waals surface area contributed by atoms with Crippen LogP contribution in [-0.2, 0) is 13.0 Å². The van der Waals surface area contributed by atoms with E-state index in [1.165, 1.54) is 29.9 Å². The van der Waals surface area contributed by atoms with Crippen molar-refractivity contribution in [2.75, 3.05) is 18.0 Å². The maximum atomic E-state index is 4.50. The molecule has 0 saturated carbocycles. The molecule has 0 amide bonds. The molecule has 3 heterocycles. The summed E-state index contributed by atoms with van der Waals surface area (Å²) in [6, 6.07) is 0.626. The molecule has 0 aromatic carbocycles. The molecule has 0 aliphatic carbocycles. The minimum absolute atomic E-state index is 0.626. The van der Waals surface area contributed by atoms with Crippen molar-refractivity contribution in [3.05, 3.63) is 17.6 Å². The molecule has 1 unspecified atom stereocenters. The number of hydrogen-bond donors (Lipinski definition) is 1. The number of rotatable bonds is 1. The molecular weight excluding hydrogens is 200 g/mol. The van der Waals surface area contributed by atoms with Crippen LogP contribution in [0.15, 0.2) is 6.33 Å². The van der Waals surface area contributed by atoms with E-state index in [1.807, 2.05) is 0 Å². The van der Waals surface area contributed by atoms with Crippen LogP contribution in [0.4, 0.5) is 5.82 Å². The number of nitrogens with zero attached hydrogens (tertiary/aromatic N) is 3. The SMILES string of the molecule is CC1CCCN1c1ncnc2c1CNCC2. The molecule has 0 spiro atoms. The zero-order chi connectivity index (χ0) is 11.0. The summed E-state index contributed by atoms with van der Waals surface area (Å²) < 4.78 is 0. The summed E-state index contributed by atoms with van der Waals surface area (Å²) in [4.78, 5) is 11.3. The van der Waals surface area contributed by atoms with Crippen LogP contribution in [0.2, 0.25) is 0 Å². The molecule has 1 atom stereocenters. The molecule has 1 fully saturated rings. The van der Waals surface area contributed by atoms with Gasteiger partial charge >= 0.3 is 0 Å². The minimum atomic E-state index is 0.626. The van der Waals surface area contributed by atoms with Crippen molar-refractivity contribution in [3.8, 4) is 0 Å². The van der Waals surface area contributed by atoms with Gasteiger partial charge in [-0.3, -0.25) is 0 Å². The van der Waals surface area contributed by atoms with Gasteiger partial charge in [0.1, 0.15) is 12.1 Å². The Labute approximate surface area is 96.1 Å². The van der Waals surface area contributed by atoms with Crippen LogP contribution >= 0.6 is 0 Å². The first kappa shape index (κ1) is 10.0. The van der Waals surface area contributed by atoms with Gasteiger partial charge in [-0.1, -0.05) is 0 Å². The van der Waals surface area contributed by atoms with Gasteiger partial charge in [-0.15, -0.1) is 0 Å². The molecule has 1 aromatic heterocycles. The van der Waals surface area contributed by atoms with E-state index in [0.29, 0.717) is 6.04 Å². The Hall–Kier alpha value is -1.16. The second-order valence-electron chi connectivity index (χ2n) is 4.73. The van der Waals surface area contributed by atoms with Gasteiger partial charge in [-0.25, -0.2) is 9.97 Å². The predicted octanol–water partition coefficient (Wildman–Crippen LogP) is 1.11. The third kappa shape index (κ3) is 1.57. The van der Waals surface area contributed by atoms with E-state index in [0.717, 1.165) is 26.1 Å². The third-order valence-corrected chi connectivity index (χ3v) is 3.68. The quantitative estimate of drug-likeness (QED) is 0.766. The summed E-state index contributed by atoms with van der Waals surface area (Å²) in [7, 11) is 0. The fourth-order valence-electron chi connectivity index (χ4n) is 2.75. The van der Waals surface area contributed by atoms with Gasteiger partial charge in [-0.2, -0.15) is 0 Å². The van der Waals surface area contributed by atoms with E-state index in [4.69, 9.17) is 0 Å². The molecule has 0 radical (unpaired) electrons. The summed E-state index contributed by atoms with van der Waals surface area (Å²) in [5, 5.41) is 3.41. The van der Waals surface area contributed by atoms with E-state index in [2.05, 4.69) is 27.1 Å². The lowest BCUT2D eigenvalue weighted by Crippen LogP contribution is -2.32. The zero-order valence-electron chi connectivity index (χ0n) is 9.74. The second kappa shape index (κ2) is 4.01. The molecule has 0 bridgehead atoms. The standard InChI is InChI=1S/C12H18N4/c1-9-3-2-6-16(9)12-10-7-13-5-4-11(10)14-8-15-12/h8-9,13H,2-7H2,1H3. The summed E-state index contributed by atoms with van der Waals surface area (Å²) in [5.74, 6) is 1.17. The van der Waals surface area contributed by atoms with E-state index in [-0.39, 0.29) is 0 Å². The van der Waals surface area contributed by atoms with Crippen molar-refractivity contribution in [3.63, 3.8) is 0 Å². The molecule has 1 aromatic rings.